The Morgan fingerprint density at radius 3 is 2.43 bits per heavy atom. The van der Waals surface area contributed by atoms with E-state index >= 15 is 0 Å². The smallest absolute Gasteiger partial charge is 0.321 e. The van der Waals surface area contributed by atoms with E-state index in [1.54, 1.807) is 56.3 Å². The monoisotopic (exact) mass is 628 g/mol. The van der Waals surface area contributed by atoms with Gasteiger partial charge in [-0.15, -0.1) is 0 Å². The van der Waals surface area contributed by atoms with Crippen molar-refractivity contribution < 1.29 is 37.0 Å². The molecular weight excluding hydrogens is 591 g/mol. The number of likely N-dealkylation sites (N-methyl/N-ethyl adjacent to an activating group) is 1. The fraction of sp³-hybridized carbons (Fsp3) is 0.355. The summed E-state index contributed by atoms with van der Waals surface area (Å²) >= 11 is 0. The van der Waals surface area contributed by atoms with Gasteiger partial charge >= 0.3 is 6.03 Å². The van der Waals surface area contributed by atoms with Crippen LogP contribution >= 0.6 is 0 Å². The summed E-state index contributed by atoms with van der Waals surface area (Å²) < 4.78 is 53.3. The second kappa shape index (κ2) is 14.0. The molecule has 0 aromatic heterocycles. The van der Waals surface area contributed by atoms with Gasteiger partial charge in [-0.05, 0) is 73.7 Å². The summed E-state index contributed by atoms with van der Waals surface area (Å²) in [4.78, 5) is 29.4. The number of hydrogen-bond acceptors (Lipinski definition) is 7. The Bertz CT molecular complexity index is 1570. The summed E-state index contributed by atoms with van der Waals surface area (Å²) in [5, 5.41) is 12.7. The number of amides is 3. The van der Waals surface area contributed by atoms with Crippen LogP contribution in [0.1, 0.15) is 19.4 Å². The van der Waals surface area contributed by atoms with Crippen LogP contribution in [0, 0.1) is 11.7 Å². The lowest BCUT2D eigenvalue weighted by molar-refractivity contribution is -0.134. The molecule has 0 unspecified atom stereocenters. The number of urea groups is 1. The van der Waals surface area contributed by atoms with E-state index in [1.807, 2.05) is 6.92 Å². The number of anilines is 2. The standard InChI is InChI=1S/C31H37FN4O7S/c1-20-17-36(21(2)19-37)30(38)16-22-15-25(34-44(40,41)27-12-5-23(32)6-13-27)9-14-28(22)43-29(20)18-35(3)31(39)33-24-7-10-26(42-4)11-8-24/h5-15,20-21,29,34,37H,16-19H2,1-4H3,(H,33,39)/t20-,21-,29+/m1/s1. The minimum absolute atomic E-state index is 0.112. The van der Waals surface area contributed by atoms with Gasteiger partial charge in [-0.2, -0.15) is 0 Å². The quantitative estimate of drug-likeness (QED) is 0.326. The first-order valence-electron chi connectivity index (χ1n) is 14.0. The molecule has 13 heteroatoms. The molecule has 1 aliphatic heterocycles. The number of ether oxygens (including phenoxy) is 2. The number of fused-ring (bicyclic) bond motifs is 1. The molecule has 0 fully saturated rings. The number of rotatable bonds is 9. The number of carbonyl (C=O) groups is 2. The van der Waals surface area contributed by atoms with E-state index < -0.39 is 28.0 Å². The predicted octanol–water partition coefficient (Wildman–Crippen LogP) is 3.95. The maximum atomic E-state index is 13.5. The Morgan fingerprint density at radius 2 is 1.80 bits per heavy atom. The van der Waals surface area contributed by atoms with E-state index in [4.69, 9.17) is 9.47 Å². The fourth-order valence-corrected chi connectivity index (χ4v) is 5.83. The van der Waals surface area contributed by atoms with E-state index in [1.165, 1.54) is 17.0 Å². The summed E-state index contributed by atoms with van der Waals surface area (Å²) in [7, 11) is -0.850. The Balaban J connectivity index is 1.60. The van der Waals surface area contributed by atoms with Crippen molar-refractivity contribution >= 4 is 33.3 Å². The molecule has 3 aromatic carbocycles. The van der Waals surface area contributed by atoms with E-state index in [2.05, 4.69) is 10.0 Å². The van der Waals surface area contributed by atoms with Crippen molar-refractivity contribution in [2.75, 3.05) is 43.9 Å². The summed E-state index contributed by atoms with van der Waals surface area (Å²) in [6.45, 7) is 3.81. The van der Waals surface area contributed by atoms with Crippen LogP contribution in [0.4, 0.5) is 20.6 Å². The van der Waals surface area contributed by atoms with Crippen molar-refractivity contribution in [1.82, 2.24) is 9.80 Å². The van der Waals surface area contributed by atoms with Gasteiger partial charge in [0.2, 0.25) is 5.91 Å². The maximum Gasteiger partial charge on any atom is 0.321 e. The first-order valence-corrected chi connectivity index (χ1v) is 15.5. The minimum atomic E-state index is -4.04. The summed E-state index contributed by atoms with van der Waals surface area (Å²) in [6, 6.07) is 15.1. The van der Waals surface area contributed by atoms with Crippen LogP contribution in [0.2, 0.25) is 0 Å². The molecule has 0 spiro atoms. The molecule has 0 saturated carbocycles. The first kappa shape index (κ1) is 32.6. The molecule has 0 radical (unpaired) electrons. The van der Waals surface area contributed by atoms with Crippen LogP contribution in [-0.2, 0) is 21.2 Å². The van der Waals surface area contributed by atoms with Gasteiger partial charge in [-0.25, -0.2) is 17.6 Å². The van der Waals surface area contributed by atoms with E-state index in [0.29, 0.717) is 22.7 Å². The van der Waals surface area contributed by atoms with Crippen molar-refractivity contribution in [2.45, 2.75) is 37.3 Å². The van der Waals surface area contributed by atoms with Crippen molar-refractivity contribution in [3.8, 4) is 11.5 Å². The van der Waals surface area contributed by atoms with Gasteiger partial charge in [0.1, 0.15) is 23.4 Å². The third-order valence-corrected chi connectivity index (χ3v) is 8.83. The molecule has 3 aromatic rings. The van der Waals surface area contributed by atoms with Crippen LogP contribution in [0.25, 0.3) is 0 Å². The van der Waals surface area contributed by atoms with Crippen molar-refractivity contribution in [3.63, 3.8) is 0 Å². The zero-order chi connectivity index (χ0) is 32.0. The number of nitrogens with zero attached hydrogens (tertiary/aromatic N) is 2. The zero-order valence-corrected chi connectivity index (χ0v) is 25.8. The van der Waals surface area contributed by atoms with Gasteiger partial charge in [0.25, 0.3) is 10.0 Å². The number of carbonyl (C=O) groups excluding carboxylic acids is 2. The van der Waals surface area contributed by atoms with Gasteiger partial charge in [0, 0.05) is 36.4 Å². The molecule has 1 heterocycles. The van der Waals surface area contributed by atoms with Crippen LogP contribution < -0.4 is 19.5 Å². The van der Waals surface area contributed by atoms with E-state index in [9.17, 15) is 27.5 Å². The van der Waals surface area contributed by atoms with Gasteiger partial charge in [-0.3, -0.25) is 9.52 Å². The van der Waals surface area contributed by atoms with Crippen molar-refractivity contribution in [2.24, 2.45) is 5.92 Å². The van der Waals surface area contributed by atoms with Gasteiger partial charge in [0.15, 0.2) is 0 Å². The number of methoxy groups -OCH3 is 1. The lowest BCUT2D eigenvalue weighted by atomic mass is 10.0. The normalized spacial score (nSPS) is 17.7. The summed E-state index contributed by atoms with van der Waals surface area (Å²) in [5.74, 6) is -0.0706. The Hall–Kier alpha value is -4.36. The lowest BCUT2D eigenvalue weighted by Crippen LogP contribution is -2.48. The lowest BCUT2D eigenvalue weighted by Gasteiger charge is -2.34. The molecular formula is C31H37FN4O7S. The zero-order valence-electron chi connectivity index (χ0n) is 25.0. The molecule has 11 nitrogen and oxygen atoms in total. The highest BCUT2D eigenvalue weighted by Crippen LogP contribution is 2.30. The Morgan fingerprint density at radius 1 is 1.14 bits per heavy atom. The van der Waals surface area contributed by atoms with Gasteiger partial charge in [0.05, 0.1) is 37.6 Å². The third-order valence-electron chi connectivity index (χ3n) is 7.43. The highest BCUT2D eigenvalue weighted by Gasteiger charge is 2.32. The van der Waals surface area contributed by atoms with Crippen LogP contribution in [0.3, 0.4) is 0 Å². The molecule has 3 atom stereocenters. The maximum absolute atomic E-state index is 13.5. The molecule has 3 amide bonds. The molecule has 44 heavy (non-hydrogen) atoms. The predicted molar refractivity (Wildman–Crippen MR) is 164 cm³/mol. The molecule has 0 saturated heterocycles. The number of nitrogens with one attached hydrogen (secondary N) is 2. The number of sulfonamides is 1. The van der Waals surface area contributed by atoms with Crippen molar-refractivity contribution in [1.29, 1.82) is 0 Å². The Kier molecular flexibility index (Phi) is 10.3. The number of benzene rings is 3. The largest absolute Gasteiger partial charge is 0.497 e. The first-order chi connectivity index (χ1) is 20.9. The second-order valence-electron chi connectivity index (χ2n) is 10.8. The number of halogens is 1. The topological polar surface area (TPSA) is 138 Å². The number of hydrogen-bond donors (Lipinski definition) is 3. The second-order valence-corrected chi connectivity index (χ2v) is 12.5. The SMILES string of the molecule is COc1ccc(NC(=O)N(C)C[C@@H]2Oc3ccc(NS(=O)(=O)c4ccc(F)cc4)cc3CC(=O)N([C@H](C)CO)C[C@H]2C)cc1. The molecule has 3 N–H and O–H groups in total. The Labute approximate surface area is 256 Å². The average Bonchev–Trinajstić information content (AvgIpc) is 3.04. The number of aliphatic hydroxyl groups is 1. The molecule has 0 aliphatic carbocycles. The fourth-order valence-electron chi connectivity index (χ4n) is 4.78. The molecule has 4 rings (SSSR count). The van der Waals surface area contributed by atoms with E-state index in [-0.39, 0.29) is 54.6 Å². The molecule has 236 valence electrons. The minimum Gasteiger partial charge on any atom is -0.497 e. The molecule has 1 aliphatic rings. The summed E-state index contributed by atoms with van der Waals surface area (Å²) in [5.41, 5.74) is 1.19. The summed E-state index contributed by atoms with van der Waals surface area (Å²) in [6.07, 6.45) is -0.680. The van der Waals surface area contributed by atoms with Gasteiger partial charge in [-0.1, -0.05) is 6.92 Å². The highest BCUT2D eigenvalue weighted by atomic mass is 32.2. The molecule has 0 bridgehead atoms. The van der Waals surface area contributed by atoms with Gasteiger partial charge < -0.3 is 29.7 Å². The highest BCUT2D eigenvalue weighted by molar-refractivity contribution is 7.92. The van der Waals surface area contributed by atoms with Crippen LogP contribution in [-0.4, -0.2) is 81.3 Å². The van der Waals surface area contributed by atoms with Crippen molar-refractivity contribution in [3.05, 3.63) is 78.1 Å². The average molecular weight is 629 g/mol. The van der Waals surface area contributed by atoms with E-state index in [0.717, 1.165) is 24.3 Å². The number of aliphatic hydroxyl groups excluding tert-OH is 1. The van der Waals surface area contributed by atoms with Crippen LogP contribution in [0.5, 0.6) is 11.5 Å². The van der Waals surface area contributed by atoms with Crippen LogP contribution in [0.15, 0.2) is 71.6 Å². The third kappa shape index (κ3) is 7.97.